The van der Waals surface area contributed by atoms with Crippen LogP contribution in [0, 0.1) is 0 Å². The van der Waals surface area contributed by atoms with Gasteiger partial charge >= 0.3 is 5.97 Å². The standard InChI is InChI=1S/C11H12N2O3S/c14-10(13-8-2-4-17-6-8)9-5-7(11(15)16)1-3-12-9/h1,3,5,8H,2,4,6H2,(H,13,14)(H,15,16). The normalized spacial score (nSPS) is 18.9. The van der Waals surface area contributed by atoms with Crippen LogP contribution in [-0.4, -0.2) is 39.5 Å². The minimum Gasteiger partial charge on any atom is -0.478 e. The molecule has 1 unspecified atom stereocenters. The number of pyridine rings is 1. The Kier molecular flexibility index (Phi) is 3.63. The number of nitrogens with one attached hydrogen (secondary N) is 1. The van der Waals surface area contributed by atoms with Crippen molar-refractivity contribution in [3.8, 4) is 0 Å². The second-order valence-corrected chi connectivity index (χ2v) is 4.92. The van der Waals surface area contributed by atoms with Gasteiger partial charge in [0.1, 0.15) is 5.69 Å². The van der Waals surface area contributed by atoms with E-state index in [0.717, 1.165) is 17.9 Å². The maximum absolute atomic E-state index is 11.8. The molecule has 2 N–H and O–H groups in total. The number of thioether (sulfide) groups is 1. The van der Waals surface area contributed by atoms with Gasteiger partial charge in [-0.05, 0) is 24.3 Å². The molecular weight excluding hydrogens is 240 g/mol. The molecule has 0 aliphatic carbocycles. The highest BCUT2D eigenvalue weighted by atomic mass is 32.2. The summed E-state index contributed by atoms with van der Waals surface area (Å²) in [7, 11) is 0. The van der Waals surface area contributed by atoms with Crippen molar-refractivity contribution < 1.29 is 14.7 Å². The van der Waals surface area contributed by atoms with Gasteiger partial charge in [0.2, 0.25) is 0 Å². The second kappa shape index (κ2) is 5.18. The average molecular weight is 252 g/mol. The number of rotatable bonds is 3. The molecular formula is C11H12N2O3S. The quantitative estimate of drug-likeness (QED) is 0.839. The van der Waals surface area contributed by atoms with Crippen LogP contribution in [0.15, 0.2) is 18.3 Å². The topological polar surface area (TPSA) is 79.3 Å². The highest BCUT2D eigenvalue weighted by molar-refractivity contribution is 7.99. The SMILES string of the molecule is O=C(O)c1ccnc(C(=O)NC2CCSC2)c1. The van der Waals surface area contributed by atoms with Crippen LogP contribution < -0.4 is 5.32 Å². The summed E-state index contributed by atoms with van der Waals surface area (Å²) < 4.78 is 0. The van der Waals surface area contributed by atoms with Crippen molar-refractivity contribution in [3.63, 3.8) is 0 Å². The van der Waals surface area contributed by atoms with E-state index in [-0.39, 0.29) is 23.2 Å². The van der Waals surface area contributed by atoms with Crippen LogP contribution >= 0.6 is 11.8 Å². The fourth-order valence-electron chi connectivity index (χ4n) is 1.60. The lowest BCUT2D eigenvalue weighted by atomic mass is 10.2. The summed E-state index contributed by atoms with van der Waals surface area (Å²) in [4.78, 5) is 26.4. The molecule has 1 aromatic heterocycles. The molecule has 6 heteroatoms. The third-order valence-electron chi connectivity index (χ3n) is 2.50. The molecule has 2 rings (SSSR count). The van der Waals surface area contributed by atoms with Crippen molar-refractivity contribution in [2.24, 2.45) is 0 Å². The van der Waals surface area contributed by atoms with Gasteiger partial charge in [-0.25, -0.2) is 4.79 Å². The number of amides is 1. The van der Waals surface area contributed by atoms with Crippen LogP contribution in [0.25, 0.3) is 0 Å². The van der Waals surface area contributed by atoms with Gasteiger partial charge in [0, 0.05) is 18.0 Å². The zero-order valence-corrected chi connectivity index (χ0v) is 9.87. The van der Waals surface area contributed by atoms with Crippen molar-refractivity contribution in [1.82, 2.24) is 10.3 Å². The van der Waals surface area contributed by atoms with Crippen LogP contribution in [0.1, 0.15) is 27.3 Å². The third-order valence-corrected chi connectivity index (χ3v) is 3.67. The van der Waals surface area contributed by atoms with E-state index in [9.17, 15) is 9.59 Å². The first kappa shape index (κ1) is 11.9. The van der Waals surface area contributed by atoms with Crippen molar-refractivity contribution in [3.05, 3.63) is 29.6 Å². The van der Waals surface area contributed by atoms with E-state index >= 15 is 0 Å². The van der Waals surface area contributed by atoms with Gasteiger partial charge in [0.15, 0.2) is 0 Å². The molecule has 0 radical (unpaired) electrons. The van der Waals surface area contributed by atoms with Gasteiger partial charge in [-0.3, -0.25) is 9.78 Å². The van der Waals surface area contributed by atoms with Gasteiger partial charge in [0.05, 0.1) is 5.56 Å². The van der Waals surface area contributed by atoms with Crippen molar-refractivity contribution in [2.75, 3.05) is 11.5 Å². The average Bonchev–Trinajstić information content (AvgIpc) is 2.82. The summed E-state index contributed by atoms with van der Waals surface area (Å²) in [6.07, 6.45) is 2.29. The van der Waals surface area contributed by atoms with Crippen LogP contribution in [0.2, 0.25) is 0 Å². The molecule has 0 bridgehead atoms. The van der Waals surface area contributed by atoms with Crippen molar-refractivity contribution in [2.45, 2.75) is 12.5 Å². The number of hydrogen-bond acceptors (Lipinski definition) is 4. The first-order valence-electron chi connectivity index (χ1n) is 5.25. The molecule has 1 fully saturated rings. The molecule has 1 saturated heterocycles. The molecule has 5 nitrogen and oxygen atoms in total. The minimum atomic E-state index is -1.06. The largest absolute Gasteiger partial charge is 0.478 e. The lowest BCUT2D eigenvalue weighted by Gasteiger charge is -2.10. The smallest absolute Gasteiger partial charge is 0.335 e. The molecule has 2 heterocycles. The van der Waals surface area contributed by atoms with E-state index in [2.05, 4.69) is 10.3 Å². The predicted molar refractivity (Wildman–Crippen MR) is 64.4 cm³/mol. The molecule has 90 valence electrons. The van der Waals surface area contributed by atoms with E-state index in [1.54, 1.807) is 11.8 Å². The van der Waals surface area contributed by atoms with Crippen molar-refractivity contribution >= 4 is 23.6 Å². The lowest BCUT2D eigenvalue weighted by Crippen LogP contribution is -2.35. The van der Waals surface area contributed by atoms with Crippen LogP contribution in [0.5, 0.6) is 0 Å². The molecule has 1 amide bonds. The van der Waals surface area contributed by atoms with E-state index in [1.165, 1.54) is 18.3 Å². The monoisotopic (exact) mass is 252 g/mol. The van der Waals surface area contributed by atoms with Gasteiger partial charge < -0.3 is 10.4 Å². The number of hydrogen-bond donors (Lipinski definition) is 2. The van der Waals surface area contributed by atoms with Crippen molar-refractivity contribution in [1.29, 1.82) is 0 Å². The van der Waals surface area contributed by atoms with Gasteiger partial charge in [-0.2, -0.15) is 11.8 Å². The molecule has 0 saturated carbocycles. The Morgan fingerprint density at radius 1 is 1.53 bits per heavy atom. The molecule has 1 aromatic rings. The van der Waals surface area contributed by atoms with Crippen LogP contribution in [-0.2, 0) is 0 Å². The minimum absolute atomic E-state index is 0.0750. The Bertz CT molecular complexity index is 444. The van der Waals surface area contributed by atoms with E-state index in [4.69, 9.17) is 5.11 Å². The summed E-state index contributed by atoms with van der Waals surface area (Å²) in [5, 5.41) is 11.7. The maximum Gasteiger partial charge on any atom is 0.335 e. The summed E-state index contributed by atoms with van der Waals surface area (Å²) in [5.74, 6) is 0.594. The Balaban J connectivity index is 2.07. The highest BCUT2D eigenvalue weighted by Crippen LogP contribution is 2.17. The number of nitrogens with zero attached hydrogens (tertiary/aromatic N) is 1. The first-order chi connectivity index (χ1) is 8.16. The lowest BCUT2D eigenvalue weighted by molar-refractivity contribution is 0.0696. The summed E-state index contributed by atoms with van der Waals surface area (Å²) in [6.45, 7) is 0. The van der Waals surface area contributed by atoms with Crippen LogP contribution in [0.4, 0.5) is 0 Å². The Morgan fingerprint density at radius 3 is 3.00 bits per heavy atom. The number of aromatic carboxylic acids is 1. The number of carboxylic acids is 1. The fourth-order valence-corrected chi connectivity index (χ4v) is 2.75. The molecule has 1 aliphatic heterocycles. The number of aromatic nitrogens is 1. The summed E-state index contributed by atoms with van der Waals surface area (Å²) in [6, 6.07) is 2.83. The zero-order valence-electron chi connectivity index (χ0n) is 9.05. The Morgan fingerprint density at radius 2 is 2.35 bits per heavy atom. The third kappa shape index (κ3) is 2.97. The zero-order chi connectivity index (χ0) is 12.3. The summed E-state index contributed by atoms with van der Waals surface area (Å²) >= 11 is 1.80. The molecule has 1 atom stereocenters. The molecule has 0 spiro atoms. The Labute approximate surface area is 103 Å². The molecule has 1 aliphatic rings. The Hall–Kier alpha value is -1.56. The van der Waals surface area contributed by atoms with Gasteiger partial charge in [0.25, 0.3) is 5.91 Å². The number of carbonyl (C=O) groups is 2. The summed E-state index contributed by atoms with van der Waals surface area (Å²) in [5.41, 5.74) is 0.229. The van der Waals surface area contributed by atoms with E-state index in [1.807, 2.05) is 0 Å². The first-order valence-corrected chi connectivity index (χ1v) is 6.40. The maximum atomic E-state index is 11.8. The highest BCUT2D eigenvalue weighted by Gasteiger charge is 2.19. The fraction of sp³-hybridized carbons (Fsp3) is 0.364. The second-order valence-electron chi connectivity index (χ2n) is 3.77. The van der Waals surface area contributed by atoms with Crippen LogP contribution in [0.3, 0.4) is 0 Å². The van der Waals surface area contributed by atoms with E-state index < -0.39 is 5.97 Å². The predicted octanol–water partition coefficient (Wildman–Crippen LogP) is 1.02. The number of carboxylic acid groups (broad SMARTS) is 1. The van der Waals surface area contributed by atoms with Gasteiger partial charge in [-0.15, -0.1) is 0 Å². The number of carbonyl (C=O) groups excluding carboxylic acids is 1. The molecule has 17 heavy (non-hydrogen) atoms. The van der Waals surface area contributed by atoms with Gasteiger partial charge in [-0.1, -0.05) is 0 Å². The van der Waals surface area contributed by atoms with E-state index in [0.29, 0.717) is 0 Å². The molecule has 0 aromatic carbocycles.